The van der Waals surface area contributed by atoms with E-state index >= 15 is 0 Å². The van der Waals surface area contributed by atoms with Crippen LogP contribution in [-0.4, -0.2) is 92.4 Å². The first kappa shape index (κ1) is 106. The van der Waals surface area contributed by atoms with Crippen molar-refractivity contribution in [1.29, 1.82) is 0 Å². The lowest BCUT2D eigenvalue weighted by Crippen LogP contribution is -2.31. The van der Waals surface area contributed by atoms with Gasteiger partial charge in [0.25, 0.3) is 11.6 Å². The Balaban J connectivity index is 0.000000204. The van der Waals surface area contributed by atoms with Crippen molar-refractivity contribution in [3.05, 3.63) is 312 Å². The fraction of sp³-hybridized carbons (Fsp3) is 0.372. The van der Waals surface area contributed by atoms with Crippen LogP contribution in [0.4, 0.5) is 5.69 Å². The Labute approximate surface area is 791 Å². The minimum atomic E-state index is -0.388. The summed E-state index contributed by atoms with van der Waals surface area (Å²) in [4.78, 5) is 22.7. The van der Waals surface area contributed by atoms with E-state index in [-0.39, 0.29) is 68.4 Å². The van der Waals surface area contributed by atoms with Gasteiger partial charge in [0.1, 0.15) is 0 Å². The fourth-order valence-electron chi connectivity index (χ4n) is 13.0. The Morgan fingerprint density at radius 3 is 1.26 bits per heavy atom. The average molecular weight is 1920 g/mol. The molecule has 129 heavy (non-hydrogen) atoms. The van der Waals surface area contributed by atoms with Crippen molar-refractivity contribution in [3.63, 3.8) is 0 Å². The number of fused-ring (bicyclic) bond motifs is 5. The van der Waals surface area contributed by atoms with Gasteiger partial charge in [-0.2, -0.15) is 0 Å². The van der Waals surface area contributed by atoms with Crippen LogP contribution < -0.4 is 0 Å². The number of para-hydroxylation sites is 3. The molecule has 1 aromatic heterocycles. The zero-order valence-electron chi connectivity index (χ0n) is 80.6. The third-order valence-corrected chi connectivity index (χ3v) is 20.7. The summed E-state index contributed by atoms with van der Waals surface area (Å²) in [6.45, 7) is 53.2. The molecule has 14 aromatic rings. The van der Waals surface area contributed by atoms with Gasteiger partial charge in [-0.1, -0.05) is 204 Å². The Bertz CT molecular complexity index is 5750. The molecule has 14 rings (SSSR count). The topological polar surface area (TPSA) is 142 Å². The van der Waals surface area contributed by atoms with E-state index in [0.29, 0.717) is 51.7 Å². The molecule has 14 nitrogen and oxygen atoms in total. The lowest BCUT2D eigenvalue weighted by molar-refractivity contribution is -0.386. The van der Waals surface area contributed by atoms with E-state index in [1.165, 1.54) is 112 Å². The predicted molar refractivity (Wildman–Crippen MR) is 552 cm³/mol. The van der Waals surface area contributed by atoms with E-state index in [1.54, 1.807) is 25.2 Å². The van der Waals surface area contributed by atoms with Crippen LogP contribution in [0.1, 0.15) is 198 Å². The summed E-state index contributed by atoms with van der Waals surface area (Å²) in [7, 11) is 1.66. The van der Waals surface area contributed by atoms with Crippen molar-refractivity contribution < 1.29 is 47.6 Å². The molecule has 0 bridgehead atoms. The first-order valence-electron chi connectivity index (χ1n) is 44.2. The molecule has 0 unspecified atom stereocenters. The Hall–Kier alpha value is -9.90. The number of likely N-dealkylation sites (N-methyl/N-ethyl adjacent to an activating group) is 1. The van der Waals surface area contributed by atoms with E-state index in [4.69, 9.17) is 50.7 Å². The number of nitro groups is 1. The van der Waals surface area contributed by atoms with Crippen LogP contribution in [0.5, 0.6) is 0 Å². The quantitative estimate of drug-likeness (QED) is 0.0180. The standard InChI is InChI=1S/C21H20O.C19H20O.C17H19NO.C13H16O.C11H15BrO.C11H15IO.C11H15NO3.C10H17NO2/c1-21(2,3)22-13-17-12-16-8-4-6-14-10-11-15-7-5-9-18(17)20(15)19(14)16;1-19(2,3)20-13-18-16-10-6-4-8-14(16)12-15-9-5-7-11-17(15)18;1-13(2)19-12-11-18-16-9-5-3-7-14(16)15-8-4-6-10-17(15)18;1-5-11-6-8-12(9-7-11)10-14-13(2,3)4;2*1-11(2,3)13-8-9-4-6-10(12)7-5-9;1-11(2,3)15-8-9-6-4-5-7-10(9)12(13)14;1-6-9(12)11(5)7-8-13-10(2,3)4/h4-12H,13H2,1-3H3;4-12H,13H2,1-3H3;3-10,13H,11-12H2,1-2H3;1,6-9H,10H2,2-4H3;2*4-7H,8H2,1-3H3;4-7H,8H2,1-3H3;1H,7-8H2,2-5H3. The summed E-state index contributed by atoms with van der Waals surface area (Å²) < 4.78 is 50.3. The van der Waals surface area contributed by atoms with Gasteiger partial charge in [-0.15, -0.1) is 12.8 Å². The normalized spacial score (nSPS) is 11.7. The van der Waals surface area contributed by atoms with Gasteiger partial charge in [0, 0.05) is 61.6 Å². The molecule has 13 aromatic carbocycles. The maximum atomic E-state index is 10.9. The molecule has 0 saturated heterocycles. The van der Waals surface area contributed by atoms with E-state index in [0.717, 1.165) is 28.8 Å². The highest BCUT2D eigenvalue weighted by Crippen LogP contribution is 2.38. The van der Waals surface area contributed by atoms with Crippen LogP contribution >= 0.6 is 38.5 Å². The Morgan fingerprint density at radius 1 is 0.419 bits per heavy atom. The molecule has 1 amide bonds. The molecule has 0 aliphatic heterocycles. The van der Waals surface area contributed by atoms with Gasteiger partial charge in [-0.25, -0.2) is 0 Å². The van der Waals surface area contributed by atoms with Gasteiger partial charge >= 0.3 is 0 Å². The molecule has 0 saturated carbocycles. The van der Waals surface area contributed by atoms with Crippen molar-refractivity contribution in [2.75, 3.05) is 26.8 Å². The minimum Gasteiger partial charge on any atom is -0.377 e. The molecule has 0 fully saturated rings. The lowest BCUT2D eigenvalue weighted by atomic mass is 9.91. The molecule has 684 valence electrons. The van der Waals surface area contributed by atoms with E-state index in [1.807, 2.05) is 105 Å². The predicted octanol–water partition coefficient (Wildman–Crippen LogP) is 29.6. The van der Waals surface area contributed by atoms with Crippen LogP contribution in [0.3, 0.4) is 0 Å². The number of terminal acetylenes is 2. The van der Waals surface area contributed by atoms with E-state index in [9.17, 15) is 14.9 Å². The second-order valence-corrected chi connectivity index (χ2v) is 40.9. The van der Waals surface area contributed by atoms with Gasteiger partial charge in [0.05, 0.1) is 109 Å². The number of benzene rings is 13. The molecule has 0 aliphatic carbocycles. The van der Waals surface area contributed by atoms with Gasteiger partial charge in [-0.3, -0.25) is 14.9 Å². The number of carbonyl (C=O) groups excluding carboxylic acids is 1. The molecule has 0 atom stereocenters. The number of rotatable bonds is 20. The SMILES string of the molecule is C#CC(=O)N(C)CCOC(C)(C)C.C#Cc1ccc(COC(C)(C)C)cc1.CC(C)(C)OCc1c2ccccc2cc2ccccc12.CC(C)(C)OCc1cc2cccc3ccc4cccc1c4c32.CC(C)(C)OCc1ccc(Br)cc1.CC(C)(C)OCc1ccc(I)cc1.CC(C)(C)OCc1ccccc1[N+](=O)[O-].CC(C)OCCn1c2ccccc2c2ccccc21. The van der Waals surface area contributed by atoms with Crippen molar-refractivity contribution >= 4 is 126 Å². The van der Waals surface area contributed by atoms with Gasteiger partial charge in [-0.05, 0) is 336 Å². The van der Waals surface area contributed by atoms with Crippen LogP contribution in [0.25, 0.3) is 75.7 Å². The third kappa shape index (κ3) is 37.8. The summed E-state index contributed by atoms with van der Waals surface area (Å²) in [6.07, 6.45) is 10.5. The van der Waals surface area contributed by atoms with Gasteiger partial charge < -0.3 is 47.4 Å². The summed E-state index contributed by atoms with van der Waals surface area (Å²) in [5, 5.41) is 26.4. The number of nitro benzene ring substituents is 1. The molecule has 0 N–H and O–H groups in total. The number of hydrogen-bond donors (Lipinski definition) is 0. The molecule has 0 spiro atoms. The summed E-state index contributed by atoms with van der Waals surface area (Å²) in [5.41, 5.74) is 9.43. The van der Waals surface area contributed by atoms with Crippen LogP contribution in [0.15, 0.2) is 259 Å². The van der Waals surface area contributed by atoms with E-state index in [2.05, 4.69) is 340 Å². The molecular weight excluding hydrogens is 1780 g/mol. The summed E-state index contributed by atoms with van der Waals surface area (Å²) in [5.74, 6) is 4.32. The van der Waals surface area contributed by atoms with Crippen molar-refractivity contribution in [2.24, 2.45) is 0 Å². The van der Waals surface area contributed by atoms with Crippen LogP contribution in [0.2, 0.25) is 0 Å². The molecule has 16 heteroatoms. The minimum absolute atomic E-state index is 0.0526. The number of nitrogens with zero attached hydrogens (tertiary/aromatic N) is 3. The fourth-order valence-corrected chi connectivity index (χ4v) is 13.6. The number of ether oxygens (including phenoxy) is 8. The zero-order valence-corrected chi connectivity index (χ0v) is 84.4. The highest BCUT2D eigenvalue weighted by atomic mass is 127. The smallest absolute Gasteiger partial charge is 0.298 e. The second kappa shape index (κ2) is 49.4. The van der Waals surface area contributed by atoms with Gasteiger partial charge in [0.2, 0.25) is 0 Å². The Kier molecular flexibility index (Phi) is 40.6. The van der Waals surface area contributed by atoms with E-state index < -0.39 is 0 Å². The number of aromatic nitrogens is 1. The van der Waals surface area contributed by atoms with Gasteiger partial charge in [0.15, 0.2) is 0 Å². The maximum absolute atomic E-state index is 10.9. The summed E-state index contributed by atoms with van der Waals surface area (Å²) >= 11 is 5.70. The number of hydrogen-bond acceptors (Lipinski definition) is 11. The van der Waals surface area contributed by atoms with Crippen LogP contribution in [-0.2, 0) is 88.9 Å². The third-order valence-electron chi connectivity index (χ3n) is 19.5. The molecule has 0 radical (unpaired) electrons. The highest BCUT2D eigenvalue weighted by Gasteiger charge is 2.21. The number of carbonyl (C=O) groups is 1. The first-order valence-corrected chi connectivity index (χ1v) is 46.0. The molecule has 1 heterocycles. The second-order valence-electron chi connectivity index (χ2n) is 38.7. The number of halogens is 2. The molecule has 0 aliphatic rings. The first-order chi connectivity index (χ1) is 60.6. The lowest BCUT2D eigenvalue weighted by Gasteiger charge is -2.21. The zero-order chi connectivity index (χ0) is 95.1. The monoisotopic (exact) mass is 1920 g/mol. The maximum Gasteiger partial charge on any atom is 0.298 e. The largest absolute Gasteiger partial charge is 0.377 e. The average Bonchev–Trinajstić information content (AvgIpc) is 1.69. The van der Waals surface area contributed by atoms with Crippen LogP contribution in [0, 0.1) is 38.4 Å². The molecular formula is C113H137BrIN3O11. The highest BCUT2D eigenvalue weighted by molar-refractivity contribution is 14.1. The number of amides is 1. The van der Waals surface area contributed by atoms with Crippen molar-refractivity contribution in [3.8, 4) is 24.7 Å². The van der Waals surface area contributed by atoms with Crippen molar-refractivity contribution in [1.82, 2.24) is 9.47 Å². The van der Waals surface area contributed by atoms with Crippen molar-refractivity contribution in [2.45, 2.75) is 251 Å². The Morgan fingerprint density at radius 2 is 0.798 bits per heavy atom. The summed E-state index contributed by atoms with van der Waals surface area (Å²) in [6, 6.07) is 87.4.